The molecule has 4 atom stereocenters. The van der Waals surface area contributed by atoms with Crippen LogP contribution in [0.4, 0.5) is 5.82 Å². The van der Waals surface area contributed by atoms with Crippen LogP contribution in [0.15, 0.2) is 48.8 Å². The van der Waals surface area contributed by atoms with E-state index in [4.69, 9.17) is 9.47 Å². The van der Waals surface area contributed by atoms with E-state index in [0.29, 0.717) is 23.9 Å². The van der Waals surface area contributed by atoms with Gasteiger partial charge in [-0.1, -0.05) is 44.4 Å². The van der Waals surface area contributed by atoms with Gasteiger partial charge in [-0.25, -0.2) is 9.50 Å². The largest absolute Gasteiger partial charge is 0.457 e. The molecule has 0 radical (unpaired) electrons. The lowest BCUT2D eigenvalue weighted by Crippen LogP contribution is -2.42. The lowest BCUT2D eigenvalue weighted by Gasteiger charge is -2.25. The molecule has 2 N–H and O–H groups in total. The fourth-order valence-electron chi connectivity index (χ4n) is 5.54. The van der Waals surface area contributed by atoms with Crippen molar-refractivity contribution in [2.45, 2.75) is 75.8 Å². The van der Waals surface area contributed by atoms with Crippen LogP contribution < -0.4 is 5.32 Å². The number of hydrogen-bond acceptors (Lipinski definition) is 8. The molecule has 10 heteroatoms. The van der Waals surface area contributed by atoms with Gasteiger partial charge in [0, 0.05) is 12.0 Å². The van der Waals surface area contributed by atoms with Gasteiger partial charge < -0.3 is 19.9 Å². The van der Waals surface area contributed by atoms with Crippen LogP contribution >= 0.6 is 0 Å². The number of carbonyl (C=O) groups is 2. The molecular formula is C28H31N5O5. The standard InChI is InChI=1S/C28H31N5O5/c1-2-21-24(37-23(34)15-18-9-5-3-6-10-18)25(35)28(16-29,38-21)22-14-13-20-26(30-17-31-33(20)22)32-27(36)19-11-7-4-8-12-19/h4,7-8,11-14,17-18,21,24-25,35H,2-3,5-6,9-10,15H2,1H3,(H,30,31,32,36)/t21-,24-,25-,28+/m1/s1. The molecule has 2 aromatic heterocycles. The number of aromatic nitrogens is 3. The van der Waals surface area contributed by atoms with E-state index in [-0.39, 0.29) is 29.3 Å². The van der Waals surface area contributed by atoms with E-state index in [1.807, 2.05) is 13.0 Å². The van der Waals surface area contributed by atoms with Crippen LogP contribution in [-0.4, -0.2) is 49.9 Å². The predicted octanol–water partition coefficient (Wildman–Crippen LogP) is 3.75. The van der Waals surface area contributed by atoms with E-state index in [1.165, 1.54) is 17.3 Å². The summed E-state index contributed by atoms with van der Waals surface area (Å²) in [5.41, 5.74) is -0.701. The number of benzene rings is 1. The van der Waals surface area contributed by atoms with Gasteiger partial charge in [-0.2, -0.15) is 10.4 Å². The number of esters is 1. The van der Waals surface area contributed by atoms with E-state index in [1.54, 1.807) is 36.4 Å². The second kappa shape index (κ2) is 10.9. The SMILES string of the molecule is CC[C@H]1O[C@@](C#N)(c2ccc3c(NC(=O)c4ccccc4)ncnn23)[C@H](O)[C@@H]1OC(=O)CC1CCCCC1. The topological polar surface area (TPSA) is 139 Å². The van der Waals surface area contributed by atoms with E-state index < -0.39 is 23.9 Å². The van der Waals surface area contributed by atoms with Crippen LogP contribution in [0.5, 0.6) is 0 Å². The van der Waals surface area contributed by atoms with Gasteiger partial charge in [0.2, 0.25) is 5.60 Å². The molecule has 0 bridgehead atoms. The van der Waals surface area contributed by atoms with Gasteiger partial charge in [-0.15, -0.1) is 0 Å². The lowest BCUT2D eigenvalue weighted by atomic mass is 9.87. The zero-order valence-electron chi connectivity index (χ0n) is 21.2. The van der Waals surface area contributed by atoms with Crippen molar-refractivity contribution in [3.05, 3.63) is 60.0 Å². The molecule has 5 rings (SSSR count). The van der Waals surface area contributed by atoms with Gasteiger partial charge >= 0.3 is 5.97 Å². The van der Waals surface area contributed by atoms with Crippen molar-refractivity contribution in [3.63, 3.8) is 0 Å². The number of anilines is 1. The molecule has 2 aliphatic rings. The highest BCUT2D eigenvalue weighted by atomic mass is 16.6. The number of nitrogens with zero attached hydrogens (tertiary/aromatic N) is 4. The summed E-state index contributed by atoms with van der Waals surface area (Å²) in [6.45, 7) is 1.85. The molecule has 10 nitrogen and oxygen atoms in total. The normalized spacial score (nSPS) is 25.7. The van der Waals surface area contributed by atoms with Crippen LogP contribution in [0.1, 0.15) is 67.9 Å². The zero-order chi connectivity index (χ0) is 26.7. The maximum Gasteiger partial charge on any atom is 0.306 e. The summed E-state index contributed by atoms with van der Waals surface area (Å²) >= 11 is 0. The molecule has 1 aliphatic carbocycles. The minimum atomic E-state index is -1.84. The summed E-state index contributed by atoms with van der Waals surface area (Å²) in [5.74, 6) is -0.211. The predicted molar refractivity (Wildman–Crippen MR) is 137 cm³/mol. The Morgan fingerprint density at radius 2 is 1.97 bits per heavy atom. The molecular weight excluding hydrogens is 486 g/mol. The first-order valence-corrected chi connectivity index (χ1v) is 13.1. The molecule has 38 heavy (non-hydrogen) atoms. The number of nitriles is 1. The molecule has 1 saturated heterocycles. The Kier molecular flexibility index (Phi) is 7.40. The highest BCUT2D eigenvalue weighted by Gasteiger charge is 2.59. The minimum Gasteiger partial charge on any atom is -0.457 e. The number of ether oxygens (including phenoxy) is 2. The highest BCUT2D eigenvalue weighted by Crippen LogP contribution is 2.43. The molecule has 2 fully saturated rings. The fourth-order valence-corrected chi connectivity index (χ4v) is 5.54. The number of fused-ring (bicyclic) bond motifs is 1. The van der Waals surface area contributed by atoms with E-state index in [2.05, 4.69) is 21.5 Å². The average Bonchev–Trinajstić information content (AvgIpc) is 3.50. The van der Waals surface area contributed by atoms with Gasteiger partial charge in [0.1, 0.15) is 24.0 Å². The third-order valence-corrected chi connectivity index (χ3v) is 7.55. The molecule has 1 aliphatic heterocycles. The first-order valence-electron chi connectivity index (χ1n) is 13.1. The zero-order valence-corrected chi connectivity index (χ0v) is 21.2. The van der Waals surface area contributed by atoms with Crippen molar-refractivity contribution >= 4 is 23.2 Å². The number of rotatable bonds is 7. The Bertz CT molecular complexity index is 1350. The van der Waals surface area contributed by atoms with Crippen molar-refractivity contribution in [2.75, 3.05) is 5.32 Å². The molecule has 0 unspecified atom stereocenters. The monoisotopic (exact) mass is 517 g/mol. The molecule has 3 heterocycles. The van der Waals surface area contributed by atoms with Crippen LogP contribution in [0.3, 0.4) is 0 Å². The Hall–Kier alpha value is -3.81. The summed E-state index contributed by atoms with van der Waals surface area (Å²) < 4.78 is 13.3. The fraction of sp³-hybridized carbons (Fsp3) is 0.464. The number of amides is 1. The Balaban J connectivity index is 1.41. The summed E-state index contributed by atoms with van der Waals surface area (Å²) in [7, 11) is 0. The summed E-state index contributed by atoms with van der Waals surface area (Å²) in [6.07, 6.45) is 4.27. The maximum absolute atomic E-state index is 12.8. The second-order valence-electron chi connectivity index (χ2n) is 9.96. The molecule has 198 valence electrons. The van der Waals surface area contributed by atoms with Crippen LogP contribution in [0.2, 0.25) is 0 Å². The van der Waals surface area contributed by atoms with E-state index in [9.17, 15) is 20.0 Å². The second-order valence-corrected chi connectivity index (χ2v) is 9.96. The number of nitrogens with one attached hydrogen (secondary N) is 1. The summed E-state index contributed by atoms with van der Waals surface area (Å²) in [4.78, 5) is 29.7. The van der Waals surface area contributed by atoms with Crippen molar-refractivity contribution in [3.8, 4) is 6.07 Å². The van der Waals surface area contributed by atoms with Gasteiger partial charge in [-0.05, 0) is 49.4 Å². The number of aliphatic hydroxyl groups excluding tert-OH is 1. The maximum atomic E-state index is 12.8. The Labute approximate surface area is 220 Å². The first-order chi connectivity index (χ1) is 18.5. The number of carbonyl (C=O) groups excluding carboxylic acids is 2. The number of hydrogen-bond donors (Lipinski definition) is 2. The van der Waals surface area contributed by atoms with Crippen molar-refractivity contribution in [1.29, 1.82) is 5.26 Å². The smallest absolute Gasteiger partial charge is 0.306 e. The molecule has 1 saturated carbocycles. The lowest BCUT2D eigenvalue weighted by molar-refractivity contribution is -0.157. The number of aliphatic hydroxyl groups is 1. The molecule has 0 spiro atoms. The summed E-state index contributed by atoms with van der Waals surface area (Å²) in [6, 6.07) is 14.1. The Morgan fingerprint density at radius 3 is 2.68 bits per heavy atom. The van der Waals surface area contributed by atoms with Crippen LogP contribution in [0.25, 0.3) is 5.52 Å². The molecule has 1 aromatic carbocycles. The third-order valence-electron chi connectivity index (χ3n) is 7.55. The van der Waals surface area contributed by atoms with Gasteiger partial charge in [0.15, 0.2) is 11.9 Å². The molecule has 3 aromatic rings. The minimum absolute atomic E-state index is 0.239. The quantitative estimate of drug-likeness (QED) is 0.452. The van der Waals surface area contributed by atoms with Crippen molar-refractivity contribution in [1.82, 2.24) is 14.6 Å². The van der Waals surface area contributed by atoms with Crippen LogP contribution in [-0.2, 0) is 19.9 Å². The first kappa shape index (κ1) is 25.8. The summed E-state index contributed by atoms with van der Waals surface area (Å²) in [5, 5.41) is 28.8. The molecule has 1 amide bonds. The van der Waals surface area contributed by atoms with Crippen LogP contribution in [0, 0.1) is 17.2 Å². The van der Waals surface area contributed by atoms with Crippen molar-refractivity contribution < 1.29 is 24.2 Å². The van der Waals surface area contributed by atoms with Gasteiger partial charge in [-0.3, -0.25) is 9.59 Å². The third kappa shape index (κ3) is 4.75. The van der Waals surface area contributed by atoms with Crippen molar-refractivity contribution in [2.24, 2.45) is 5.92 Å². The van der Waals surface area contributed by atoms with Gasteiger partial charge in [0.25, 0.3) is 5.91 Å². The average molecular weight is 518 g/mol. The van der Waals surface area contributed by atoms with Gasteiger partial charge in [0.05, 0.1) is 11.8 Å². The van der Waals surface area contributed by atoms with E-state index >= 15 is 0 Å². The Morgan fingerprint density at radius 1 is 1.21 bits per heavy atom. The van der Waals surface area contributed by atoms with E-state index in [0.717, 1.165) is 25.7 Å². The highest BCUT2D eigenvalue weighted by molar-refractivity contribution is 6.05.